The van der Waals surface area contributed by atoms with Crippen LogP contribution in [-0.4, -0.2) is 22.1 Å². The third-order valence-electron chi connectivity index (χ3n) is 12.2. The van der Waals surface area contributed by atoms with Gasteiger partial charge in [0, 0.05) is 43.2 Å². The molecule has 0 amide bonds. The number of aromatic nitrogens is 1. The summed E-state index contributed by atoms with van der Waals surface area (Å²) >= 11 is 0. The van der Waals surface area contributed by atoms with Crippen molar-refractivity contribution in [2.24, 2.45) is 16.7 Å². The third kappa shape index (κ3) is 10.0. The Morgan fingerprint density at radius 1 is 0.944 bits per heavy atom. The average Bonchev–Trinajstić information content (AvgIpc) is 3.09. The fourth-order valence-electron chi connectivity index (χ4n) is 8.76. The van der Waals surface area contributed by atoms with E-state index in [2.05, 4.69) is 103 Å². The fourth-order valence-corrected chi connectivity index (χ4v) is 8.76. The Bertz CT molecular complexity index is 1960. The molecule has 2 fully saturated rings. The van der Waals surface area contributed by atoms with Crippen LogP contribution in [0.25, 0.3) is 32.9 Å². The summed E-state index contributed by atoms with van der Waals surface area (Å²) in [5.74, 6) is -2.34. The van der Waals surface area contributed by atoms with Gasteiger partial charge in [0.1, 0.15) is 0 Å². The SMILES string of the molecule is CCC(CC)C(=O)/C=C(\O)C(F)(F)F.Cc1cc(C)c2c(C3CCC4(CC3)CCC(C)(C)CC4)cc(-c3[c-]c4ccccc4c(C(C)(C)C)c3)nc2c1.[Ir]. The van der Waals surface area contributed by atoms with Crippen molar-refractivity contribution in [3.63, 3.8) is 0 Å². The summed E-state index contributed by atoms with van der Waals surface area (Å²) < 4.78 is 35.4. The van der Waals surface area contributed by atoms with Crippen LogP contribution < -0.4 is 0 Å². The molecule has 1 N–H and O–H groups in total. The van der Waals surface area contributed by atoms with E-state index in [-0.39, 0.29) is 31.6 Å². The summed E-state index contributed by atoms with van der Waals surface area (Å²) in [6, 6.07) is 22.0. The number of fused-ring (bicyclic) bond motifs is 2. The molecule has 6 rings (SSSR count). The number of aliphatic hydroxyl groups is 1. The summed E-state index contributed by atoms with van der Waals surface area (Å²) in [5.41, 5.74) is 10.1. The normalized spacial score (nSPS) is 17.7. The van der Waals surface area contributed by atoms with E-state index < -0.39 is 23.6 Å². The molecule has 0 unspecified atom stereocenters. The molecule has 1 aromatic heterocycles. The van der Waals surface area contributed by atoms with E-state index in [0.29, 0.717) is 29.6 Å². The Kier molecular flexibility index (Phi) is 13.8. The fraction of sp³-hybridized carbons (Fsp3) is 0.532. The Morgan fingerprint density at radius 2 is 1.56 bits per heavy atom. The van der Waals surface area contributed by atoms with Crippen molar-refractivity contribution in [3.05, 3.63) is 88.7 Å². The first-order valence-electron chi connectivity index (χ1n) is 19.7. The maximum atomic E-state index is 11.8. The molecular formula is C47H59F3IrNO2-. The van der Waals surface area contributed by atoms with Crippen LogP contribution in [0.2, 0.25) is 0 Å². The van der Waals surface area contributed by atoms with E-state index in [9.17, 15) is 18.0 Å². The first-order valence-corrected chi connectivity index (χ1v) is 19.7. The number of carbonyl (C=O) groups is 1. The minimum Gasteiger partial charge on any atom is -0.504 e. The maximum Gasteiger partial charge on any atom is 0.448 e. The molecule has 295 valence electrons. The molecule has 1 spiro atoms. The largest absolute Gasteiger partial charge is 0.504 e. The topological polar surface area (TPSA) is 50.2 Å². The molecule has 0 atom stereocenters. The summed E-state index contributed by atoms with van der Waals surface area (Å²) in [6.45, 7) is 19.8. The van der Waals surface area contributed by atoms with Gasteiger partial charge in [-0.15, -0.1) is 29.1 Å². The maximum absolute atomic E-state index is 11.8. The molecule has 7 heteroatoms. The molecule has 2 aliphatic rings. The van der Waals surface area contributed by atoms with E-state index in [4.69, 9.17) is 10.1 Å². The number of hydrogen-bond acceptors (Lipinski definition) is 3. The van der Waals surface area contributed by atoms with Gasteiger partial charge in [-0.05, 0) is 123 Å². The Hall–Kier alpha value is -3.02. The number of carbonyl (C=O) groups excluding carboxylic acids is 1. The van der Waals surface area contributed by atoms with Crippen molar-refractivity contribution in [3.8, 4) is 11.3 Å². The molecule has 0 bridgehead atoms. The van der Waals surface area contributed by atoms with Gasteiger partial charge in [-0.2, -0.15) is 13.2 Å². The number of pyridine rings is 1. The van der Waals surface area contributed by atoms with Gasteiger partial charge in [0.2, 0.25) is 5.76 Å². The number of allylic oxidation sites excluding steroid dienone is 2. The van der Waals surface area contributed by atoms with Crippen LogP contribution in [-0.2, 0) is 30.3 Å². The Balaban J connectivity index is 0.000000371. The molecule has 4 aromatic rings. The van der Waals surface area contributed by atoms with Crippen LogP contribution in [0, 0.1) is 36.7 Å². The monoisotopic (exact) mass is 919 g/mol. The minimum atomic E-state index is -4.83. The number of hydrogen-bond donors (Lipinski definition) is 1. The van der Waals surface area contributed by atoms with Crippen molar-refractivity contribution in [1.29, 1.82) is 0 Å². The molecule has 1 radical (unpaired) electrons. The van der Waals surface area contributed by atoms with Crippen LogP contribution in [0.15, 0.2) is 60.4 Å². The quantitative estimate of drug-likeness (QED) is 0.119. The van der Waals surface area contributed by atoms with Gasteiger partial charge in [-0.3, -0.25) is 9.78 Å². The summed E-state index contributed by atoms with van der Waals surface area (Å²) in [4.78, 5) is 16.4. The standard InChI is InChI=1S/C38H46N.C9H13F3O2.Ir/c1-25-20-26(2)35-31(27-12-14-38(15-13-27)18-16-37(6,7)17-19-38)24-33(39-34(35)21-25)29-22-28-10-8-9-11-30(28)32(23-29)36(3,4)5;1-3-6(4-2)7(13)5-8(14)9(10,11)12;/h8-11,20-21,23-24,27H,12-19H2,1-7H3;5-6,14H,3-4H2,1-2H3;/q-1;;/b;8-5-;. The van der Waals surface area contributed by atoms with Crippen LogP contribution in [0.5, 0.6) is 0 Å². The van der Waals surface area contributed by atoms with Gasteiger partial charge in [-0.25, -0.2) is 0 Å². The van der Waals surface area contributed by atoms with E-state index in [1.54, 1.807) is 13.8 Å². The van der Waals surface area contributed by atoms with Gasteiger partial charge in [0.05, 0.1) is 5.52 Å². The van der Waals surface area contributed by atoms with Crippen LogP contribution >= 0.6 is 0 Å². The van der Waals surface area contributed by atoms with Crippen LogP contribution in [0.1, 0.15) is 141 Å². The van der Waals surface area contributed by atoms with Crippen molar-refractivity contribution >= 4 is 27.5 Å². The number of ketones is 1. The van der Waals surface area contributed by atoms with E-state index in [1.807, 2.05) is 0 Å². The zero-order chi connectivity index (χ0) is 38.9. The van der Waals surface area contributed by atoms with Crippen LogP contribution in [0.3, 0.4) is 0 Å². The minimum absolute atomic E-state index is 0. The second-order valence-electron chi connectivity index (χ2n) is 17.8. The molecule has 3 aromatic carbocycles. The second kappa shape index (κ2) is 17.0. The van der Waals surface area contributed by atoms with Gasteiger partial charge in [-0.1, -0.05) is 89.7 Å². The first kappa shape index (κ1) is 43.7. The van der Waals surface area contributed by atoms with Gasteiger partial charge in [0.25, 0.3) is 0 Å². The van der Waals surface area contributed by atoms with Crippen molar-refractivity contribution in [2.45, 2.75) is 144 Å². The van der Waals surface area contributed by atoms with Crippen molar-refractivity contribution in [2.75, 3.05) is 0 Å². The number of benzene rings is 3. The predicted octanol–water partition coefficient (Wildman–Crippen LogP) is 14.0. The number of aliphatic hydroxyl groups excluding tert-OH is 1. The molecule has 1 heterocycles. The Morgan fingerprint density at radius 3 is 2.13 bits per heavy atom. The number of nitrogens with zero attached hydrogens (tertiary/aromatic N) is 1. The molecule has 0 aliphatic heterocycles. The number of aryl methyl sites for hydroxylation is 2. The summed E-state index contributed by atoms with van der Waals surface area (Å²) in [7, 11) is 0. The van der Waals surface area contributed by atoms with Crippen LogP contribution in [0.4, 0.5) is 13.2 Å². The number of alkyl halides is 3. The average molecular weight is 919 g/mol. The van der Waals surface area contributed by atoms with E-state index >= 15 is 0 Å². The molecule has 3 nitrogen and oxygen atoms in total. The number of halogens is 3. The zero-order valence-electron chi connectivity index (χ0n) is 33.7. The second-order valence-corrected chi connectivity index (χ2v) is 17.8. The van der Waals surface area contributed by atoms with E-state index in [1.165, 1.54) is 89.8 Å². The van der Waals surface area contributed by atoms with Gasteiger partial charge < -0.3 is 5.11 Å². The van der Waals surface area contributed by atoms with Crippen molar-refractivity contribution in [1.82, 2.24) is 4.98 Å². The molecular weight excluding hydrogens is 860 g/mol. The zero-order valence-corrected chi connectivity index (χ0v) is 36.1. The third-order valence-corrected chi connectivity index (χ3v) is 12.2. The van der Waals surface area contributed by atoms with Gasteiger partial charge in [0.15, 0.2) is 5.78 Å². The molecule has 2 saturated carbocycles. The number of rotatable bonds is 6. The van der Waals surface area contributed by atoms with E-state index in [0.717, 1.165) is 16.8 Å². The molecule has 54 heavy (non-hydrogen) atoms. The Labute approximate surface area is 335 Å². The van der Waals surface area contributed by atoms with Gasteiger partial charge >= 0.3 is 6.18 Å². The predicted molar refractivity (Wildman–Crippen MR) is 213 cm³/mol. The molecule has 0 saturated heterocycles. The first-order chi connectivity index (χ1) is 24.8. The summed E-state index contributed by atoms with van der Waals surface area (Å²) in [5, 5.41) is 12.4. The smallest absolute Gasteiger partial charge is 0.448 e. The van der Waals surface area contributed by atoms with Crippen molar-refractivity contribution < 1.29 is 43.2 Å². The molecule has 2 aliphatic carbocycles. The summed E-state index contributed by atoms with van der Waals surface area (Å²) in [6.07, 6.45) is 7.39.